The van der Waals surface area contributed by atoms with E-state index in [9.17, 15) is 13.2 Å². The van der Waals surface area contributed by atoms with Gasteiger partial charge in [0.1, 0.15) is 29.1 Å². The fraction of sp³-hybridized carbons (Fsp3) is 0.368. The van der Waals surface area contributed by atoms with E-state index in [-0.39, 0.29) is 5.69 Å². The van der Waals surface area contributed by atoms with Gasteiger partial charge >= 0.3 is 6.18 Å². The monoisotopic (exact) mass is 429 g/mol. The van der Waals surface area contributed by atoms with E-state index in [2.05, 4.69) is 30.0 Å². The number of anilines is 1. The number of halogens is 3. The molecule has 0 amide bonds. The van der Waals surface area contributed by atoms with Crippen LogP contribution in [0.5, 0.6) is 0 Å². The Morgan fingerprint density at radius 2 is 1.74 bits per heavy atom. The third-order valence-electron chi connectivity index (χ3n) is 5.39. The van der Waals surface area contributed by atoms with Crippen molar-refractivity contribution >= 4 is 11.3 Å². The van der Waals surface area contributed by atoms with Crippen LogP contribution in [-0.4, -0.2) is 52.4 Å². The van der Waals surface area contributed by atoms with Gasteiger partial charge in [-0.1, -0.05) is 0 Å². The molecular formula is C19H18F3N9. The predicted octanol–water partition coefficient (Wildman–Crippen LogP) is 2.83. The van der Waals surface area contributed by atoms with Crippen molar-refractivity contribution in [2.75, 3.05) is 18.0 Å². The second kappa shape index (κ2) is 6.72. The normalized spacial score (nSPS) is 14.3. The van der Waals surface area contributed by atoms with E-state index in [4.69, 9.17) is 4.98 Å². The van der Waals surface area contributed by atoms with Crippen LogP contribution in [0.3, 0.4) is 0 Å². The SMILES string of the molecule is Cc1nc(C(F)(F)F)cnc1-c1c(-c2nc(C)n3ncnc(N4CCC4)c23)cnn1C. The zero-order valence-electron chi connectivity index (χ0n) is 17.0. The number of aryl methyl sites for hydroxylation is 3. The van der Waals surface area contributed by atoms with Gasteiger partial charge in [0.25, 0.3) is 0 Å². The molecule has 1 aliphatic heterocycles. The highest BCUT2D eigenvalue weighted by molar-refractivity contribution is 5.91. The number of aromatic nitrogens is 8. The average Bonchev–Trinajstić information content (AvgIpc) is 3.20. The molecule has 0 N–H and O–H groups in total. The summed E-state index contributed by atoms with van der Waals surface area (Å²) in [6, 6.07) is 0. The Balaban J connectivity index is 1.73. The molecule has 4 aromatic rings. The van der Waals surface area contributed by atoms with Crippen molar-refractivity contribution in [3.05, 3.63) is 35.9 Å². The van der Waals surface area contributed by atoms with Crippen molar-refractivity contribution in [1.82, 2.24) is 39.3 Å². The van der Waals surface area contributed by atoms with Crippen LogP contribution in [0.4, 0.5) is 19.0 Å². The maximum Gasteiger partial charge on any atom is 0.434 e. The van der Waals surface area contributed by atoms with E-state index in [1.807, 2.05) is 6.92 Å². The molecule has 0 bridgehead atoms. The third kappa shape index (κ3) is 3.01. The molecule has 0 aliphatic carbocycles. The van der Waals surface area contributed by atoms with Crippen LogP contribution in [0.25, 0.3) is 28.2 Å². The molecule has 1 aliphatic rings. The molecule has 0 radical (unpaired) electrons. The van der Waals surface area contributed by atoms with E-state index in [0.29, 0.717) is 28.5 Å². The van der Waals surface area contributed by atoms with Gasteiger partial charge in [-0.25, -0.2) is 19.5 Å². The van der Waals surface area contributed by atoms with Gasteiger partial charge in [-0.3, -0.25) is 9.67 Å². The molecule has 12 heteroatoms. The van der Waals surface area contributed by atoms with Gasteiger partial charge in [-0.15, -0.1) is 0 Å². The Labute approximate surface area is 174 Å². The summed E-state index contributed by atoms with van der Waals surface area (Å²) in [6.07, 6.45) is 0.380. The Kier molecular flexibility index (Phi) is 4.21. The molecule has 5 rings (SSSR count). The number of nitrogens with zero attached hydrogens (tertiary/aromatic N) is 9. The molecule has 31 heavy (non-hydrogen) atoms. The van der Waals surface area contributed by atoms with Crippen LogP contribution < -0.4 is 4.90 Å². The summed E-state index contributed by atoms with van der Waals surface area (Å²) in [5.74, 6) is 1.43. The van der Waals surface area contributed by atoms with Crippen LogP contribution in [-0.2, 0) is 13.2 Å². The summed E-state index contributed by atoms with van der Waals surface area (Å²) in [6.45, 7) is 5.11. The molecular weight excluding hydrogens is 411 g/mol. The second-order valence-corrected chi connectivity index (χ2v) is 7.41. The summed E-state index contributed by atoms with van der Waals surface area (Å²) in [5, 5.41) is 8.66. The van der Waals surface area contributed by atoms with E-state index < -0.39 is 11.9 Å². The van der Waals surface area contributed by atoms with Crippen molar-refractivity contribution in [3.8, 4) is 22.6 Å². The lowest BCUT2D eigenvalue weighted by molar-refractivity contribution is -0.141. The number of imidazole rings is 1. The molecule has 0 aromatic carbocycles. The first-order chi connectivity index (χ1) is 14.8. The van der Waals surface area contributed by atoms with Crippen LogP contribution in [0.2, 0.25) is 0 Å². The van der Waals surface area contributed by atoms with E-state index in [1.165, 1.54) is 13.3 Å². The molecule has 0 spiro atoms. The van der Waals surface area contributed by atoms with Crippen molar-refractivity contribution in [3.63, 3.8) is 0 Å². The Bertz CT molecular complexity index is 1300. The first-order valence-corrected chi connectivity index (χ1v) is 9.64. The highest BCUT2D eigenvalue weighted by atomic mass is 19.4. The zero-order valence-corrected chi connectivity index (χ0v) is 17.0. The van der Waals surface area contributed by atoms with Gasteiger partial charge in [-0.2, -0.15) is 23.4 Å². The molecule has 1 saturated heterocycles. The molecule has 0 unspecified atom stereocenters. The van der Waals surface area contributed by atoms with Crippen LogP contribution in [0.1, 0.15) is 23.6 Å². The third-order valence-corrected chi connectivity index (χ3v) is 5.39. The highest BCUT2D eigenvalue weighted by Crippen LogP contribution is 2.38. The molecule has 1 fully saturated rings. The van der Waals surface area contributed by atoms with Gasteiger partial charge in [0.05, 0.1) is 29.3 Å². The van der Waals surface area contributed by atoms with Crippen molar-refractivity contribution < 1.29 is 13.2 Å². The quantitative estimate of drug-likeness (QED) is 0.495. The number of hydrogen-bond acceptors (Lipinski definition) is 7. The van der Waals surface area contributed by atoms with Gasteiger partial charge < -0.3 is 4.90 Å². The Hall–Kier alpha value is -3.57. The van der Waals surface area contributed by atoms with E-state index >= 15 is 0 Å². The minimum atomic E-state index is -4.56. The minimum absolute atomic E-state index is 0.152. The first-order valence-electron chi connectivity index (χ1n) is 9.64. The minimum Gasteiger partial charge on any atom is -0.355 e. The molecule has 5 heterocycles. The lowest BCUT2D eigenvalue weighted by Gasteiger charge is -2.32. The average molecular weight is 429 g/mol. The van der Waals surface area contributed by atoms with Gasteiger partial charge in [0.15, 0.2) is 11.5 Å². The van der Waals surface area contributed by atoms with Gasteiger partial charge in [0, 0.05) is 20.1 Å². The number of hydrogen-bond donors (Lipinski definition) is 0. The summed E-state index contributed by atoms with van der Waals surface area (Å²) in [4.78, 5) is 19.1. The first kappa shape index (κ1) is 19.4. The standard InChI is InChI=1S/C19H18F3N9/c1-10-14(23-8-13(27-10)19(20,21)22)16-12(7-25-29(16)3)15-17-18(30-5-4-6-30)24-9-26-31(17)11(2)28-15/h7-9H,4-6H2,1-3H3. The molecule has 160 valence electrons. The zero-order chi connectivity index (χ0) is 21.9. The van der Waals surface area contributed by atoms with Crippen LogP contribution in [0.15, 0.2) is 18.7 Å². The lowest BCUT2D eigenvalue weighted by atomic mass is 10.1. The number of alkyl halides is 3. The smallest absolute Gasteiger partial charge is 0.355 e. The van der Waals surface area contributed by atoms with Crippen LogP contribution in [0, 0.1) is 13.8 Å². The van der Waals surface area contributed by atoms with Crippen molar-refractivity contribution in [2.24, 2.45) is 7.05 Å². The number of rotatable bonds is 3. The number of fused-ring (bicyclic) bond motifs is 1. The molecule has 0 saturated carbocycles. The van der Waals surface area contributed by atoms with Crippen molar-refractivity contribution in [1.29, 1.82) is 0 Å². The fourth-order valence-electron chi connectivity index (χ4n) is 3.75. The highest BCUT2D eigenvalue weighted by Gasteiger charge is 2.34. The maximum atomic E-state index is 13.1. The topological polar surface area (TPSA) is 89.9 Å². The Morgan fingerprint density at radius 1 is 0.968 bits per heavy atom. The van der Waals surface area contributed by atoms with Gasteiger partial charge in [-0.05, 0) is 20.3 Å². The molecule has 9 nitrogen and oxygen atoms in total. The molecule has 0 atom stereocenters. The Morgan fingerprint density at radius 3 is 2.39 bits per heavy atom. The van der Waals surface area contributed by atoms with Crippen molar-refractivity contribution in [2.45, 2.75) is 26.4 Å². The molecule has 4 aromatic heterocycles. The fourth-order valence-corrected chi connectivity index (χ4v) is 3.75. The second-order valence-electron chi connectivity index (χ2n) is 7.41. The maximum absolute atomic E-state index is 13.1. The largest absolute Gasteiger partial charge is 0.434 e. The summed E-state index contributed by atoms with van der Waals surface area (Å²) < 4.78 is 42.4. The summed E-state index contributed by atoms with van der Waals surface area (Å²) >= 11 is 0. The van der Waals surface area contributed by atoms with E-state index in [1.54, 1.807) is 22.4 Å². The van der Waals surface area contributed by atoms with Crippen LogP contribution >= 0.6 is 0 Å². The van der Waals surface area contributed by atoms with E-state index in [0.717, 1.165) is 37.0 Å². The van der Waals surface area contributed by atoms with Gasteiger partial charge in [0.2, 0.25) is 0 Å². The summed E-state index contributed by atoms with van der Waals surface area (Å²) in [5.41, 5.74) is 1.91. The summed E-state index contributed by atoms with van der Waals surface area (Å²) in [7, 11) is 1.70. The predicted molar refractivity (Wildman–Crippen MR) is 105 cm³/mol. The lowest BCUT2D eigenvalue weighted by Crippen LogP contribution is -2.38.